The van der Waals surface area contributed by atoms with Crippen LogP contribution in [0.25, 0.3) is 0 Å². The van der Waals surface area contributed by atoms with Crippen molar-refractivity contribution < 1.29 is 4.39 Å². The van der Waals surface area contributed by atoms with Gasteiger partial charge in [0.15, 0.2) is 0 Å². The summed E-state index contributed by atoms with van der Waals surface area (Å²) in [5, 5.41) is 0.538. The molecule has 0 aliphatic carbocycles. The molecule has 4 heteroatoms. The van der Waals surface area contributed by atoms with Crippen molar-refractivity contribution in [3.63, 3.8) is 0 Å². The van der Waals surface area contributed by atoms with Crippen molar-refractivity contribution in [2.75, 3.05) is 0 Å². The molecule has 0 saturated carbocycles. The average molecular weight is 251 g/mol. The Hall–Kier alpha value is -1.45. The van der Waals surface area contributed by atoms with Crippen LogP contribution in [0.15, 0.2) is 42.7 Å². The van der Waals surface area contributed by atoms with Crippen LogP contribution >= 0.6 is 11.6 Å². The summed E-state index contributed by atoms with van der Waals surface area (Å²) in [6.45, 7) is 0. The molecule has 0 saturated heterocycles. The Bertz CT molecular complexity index is 502. The third-order valence-electron chi connectivity index (χ3n) is 2.58. The van der Waals surface area contributed by atoms with Crippen molar-refractivity contribution in [3.8, 4) is 0 Å². The Morgan fingerprint density at radius 1 is 1.24 bits per heavy atom. The summed E-state index contributed by atoms with van der Waals surface area (Å²) in [5.41, 5.74) is 7.71. The molecule has 0 radical (unpaired) electrons. The predicted octanol–water partition coefficient (Wildman–Crippen LogP) is 3.12. The zero-order chi connectivity index (χ0) is 12.3. The second kappa shape index (κ2) is 5.25. The van der Waals surface area contributed by atoms with E-state index in [0.717, 1.165) is 11.1 Å². The van der Waals surface area contributed by atoms with Crippen LogP contribution in [-0.2, 0) is 6.42 Å². The van der Waals surface area contributed by atoms with Crippen molar-refractivity contribution in [1.82, 2.24) is 4.98 Å². The number of aromatic nitrogens is 1. The number of pyridine rings is 1. The normalized spacial score (nSPS) is 12.4. The highest BCUT2D eigenvalue weighted by Gasteiger charge is 2.10. The summed E-state index contributed by atoms with van der Waals surface area (Å²) in [6, 6.07) is 7.78. The molecular weight excluding hydrogens is 239 g/mol. The van der Waals surface area contributed by atoms with Gasteiger partial charge in [0.1, 0.15) is 5.82 Å². The number of hydrogen-bond acceptors (Lipinski definition) is 2. The fourth-order valence-corrected chi connectivity index (χ4v) is 1.86. The van der Waals surface area contributed by atoms with Crippen LogP contribution in [0.5, 0.6) is 0 Å². The summed E-state index contributed by atoms with van der Waals surface area (Å²) >= 11 is 5.99. The molecule has 2 N–H and O–H groups in total. The smallest absolute Gasteiger partial charge is 0.123 e. The minimum absolute atomic E-state index is 0.211. The number of hydrogen-bond donors (Lipinski definition) is 1. The van der Waals surface area contributed by atoms with E-state index in [9.17, 15) is 4.39 Å². The van der Waals surface area contributed by atoms with Gasteiger partial charge in [0.05, 0.1) is 0 Å². The fraction of sp³-hybridized carbons (Fsp3) is 0.154. The first kappa shape index (κ1) is 12.0. The number of nitrogens with zero attached hydrogens (tertiary/aromatic N) is 1. The van der Waals surface area contributed by atoms with Crippen LogP contribution < -0.4 is 5.73 Å². The first-order chi connectivity index (χ1) is 8.16. The lowest BCUT2D eigenvalue weighted by Gasteiger charge is -2.12. The molecule has 1 aromatic heterocycles. The third kappa shape index (κ3) is 3.02. The Labute approximate surface area is 104 Å². The van der Waals surface area contributed by atoms with E-state index in [4.69, 9.17) is 17.3 Å². The van der Waals surface area contributed by atoms with Gasteiger partial charge in [0.2, 0.25) is 0 Å². The van der Waals surface area contributed by atoms with Crippen molar-refractivity contribution >= 4 is 11.6 Å². The first-order valence-corrected chi connectivity index (χ1v) is 5.64. The van der Waals surface area contributed by atoms with Gasteiger partial charge in [-0.3, -0.25) is 4.98 Å². The lowest BCUT2D eigenvalue weighted by Crippen LogP contribution is -2.13. The molecular formula is C13H12ClFN2. The molecule has 2 nitrogen and oxygen atoms in total. The molecule has 0 amide bonds. The van der Waals surface area contributed by atoms with Crippen LogP contribution in [0.1, 0.15) is 17.2 Å². The van der Waals surface area contributed by atoms with E-state index in [0.29, 0.717) is 11.4 Å². The van der Waals surface area contributed by atoms with Crippen molar-refractivity contribution in [2.24, 2.45) is 5.73 Å². The number of benzene rings is 1. The van der Waals surface area contributed by atoms with Gasteiger partial charge in [-0.15, -0.1) is 0 Å². The first-order valence-electron chi connectivity index (χ1n) is 5.26. The molecule has 0 fully saturated rings. The Kier molecular flexibility index (Phi) is 3.71. The second-order valence-electron chi connectivity index (χ2n) is 3.83. The molecule has 0 spiro atoms. The topological polar surface area (TPSA) is 38.9 Å². The number of rotatable bonds is 3. The van der Waals surface area contributed by atoms with Crippen LogP contribution in [0.4, 0.5) is 4.39 Å². The highest BCUT2D eigenvalue weighted by Crippen LogP contribution is 2.22. The van der Waals surface area contributed by atoms with Crippen LogP contribution in [0, 0.1) is 5.82 Å². The molecule has 88 valence electrons. The quantitative estimate of drug-likeness (QED) is 0.909. The second-order valence-corrected chi connectivity index (χ2v) is 4.23. The van der Waals surface area contributed by atoms with E-state index in [2.05, 4.69) is 4.98 Å². The van der Waals surface area contributed by atoms with Crippen molar-refractivity contribution in [2.45, 2.75) is 12.5 Å². The molecule has 17 heavy (non-hydrogen) atoms. The highest BCUT2D eigenvalue weighted by atomic mass is 35.5. The van der Waals surface area contributed by atoms with Gasteiger partial charge in [-0.2, -0.15) is 0 Å². The Balaban J connectivity index is 2.18. The molecule has 1 unspecified atom stereocenters. The van der Waals surface area contributed by atoms with Gasteiger partial charge in [-0.05, 0) is 47.9 Å². The SMILES string of the molecule is NC(Cc1cc(F)ccc1Cl)c1ccncc1. The summed E-state index contributed by atoms with van der Waals surface area (Å²) in [7, 11) is 0. The van der Waals surface area contributed by atoms with Crippen molar-refractivity contribution in [1.29, 1.82) is 0 Å². The summed E-state index contributed by atoms with van der Waals surface area (Å²) in [6.07, 6.45) is 3.87. The van der Waals surface area contributed by atoms with E-state index in [1.54, 1.807) is 18.5 Å². The van der Waals surface area contributed by atoms with Crippen molar-refractivity contribution in [3.05, 3.63) is 64.7 Å². The third-order valence-corrected chi connectivity index (χ3v) is 2.95. The molecule has 1 atom stereocenters. The van der Waals surface area contributed by atoms with E-state index < -0.39 is 0 Å². The van der Waals surface area contributed by atoms with Gasteiger partial charge in [-0.25, -0.2) is 4.39 Å². The van der Waals surface area contributed by atoms with Crippen LogP contribution in [0.3, 0.4) is 0 Å². The molecule has 2 rings (SSSR count). The standard InChI is InChI=1S/C13H12ClFN2/c14-12-2-1-11(15)7-10(12)8-13(16)9-3-5-17-6-4-9/h1-7,13H,8,16H2. The van der Waals surface area contributed by atoms with E-state index in [1.165, 1.54) is 12.1 Å². The van der Waals surface area contributed by atoms with Crippen LogP contribution in [0.2, 0.25) is 5.02 Å². The maximum absolute atomic E-state index is 13.1. The minimum atomic E-state index is -0.300. The predicted molar refractivity (Wildman–Crippen MR) is 66.3 cm³/mol. The molecule has 2 aromatic rings. The summed E-state index contributed by atoms with van der Waals surface area (Å²) in [4.78, 5) is 3.92. The van der Waals surface area contributed by atoms with E-state index in [1.807, 2.05) is 12.1 Å². The average Bonchev–Trinajstić information content (AvgIpc) is 2.35. The molecule has 1 aromatic carbocycles. The van der Waals surface area contributed by atoms with Gasteiger partial charge in [0, 0.05) is 23.5 Å². The Morgan fingerprint density at radius 3 is 2.65 bits per heavy atom. The zero-order valence-corrected chi connectivity index (χ0v) is 9.86. The molecule has 0 aliphatic heterocycles. The van der Waals surface area contributed by atoms with Gasteiger partial charge >= 0.3 is 0 Å². The lowest BCUT2D eigenvalue weighted by atomic mass is 10.0. The summed E-state index contributed by atoms with van der Waals surface area (Å²) in [5.74, 6) is -0.300. The van der Waals surface area contributed by atoms with E-state index in [-0.39, 0.29) is 11.9 Å². The lowest BCUT2D eigenvalue weighted by molar-refractivity contribution is 0.622. The van der Waals surface area contributed by atoms with Gasteiger partial charge in [-0.1, -0.05) is 11.6 Å². The van der Waals surface area contributed by atoms with E-state index >= 15 is 0 Å². The largest absolute Gasteiger partial charge is 0.324 e. The van der Waals surface area contributed by atoms with Gasteiger partial charge in [0.25, 0.3) is 0 Å². The highest BCUT2D eigenvalue weighted by molar-refractivity contribution is 6.31. The number of nitrogens with two attached hydrogens (primary N) is 1. The molecule has 1 heterocycles. The minimum Gasteiger partial charge on any atom is -0.324 e. The van der Waals surface area contributed by atoms with Gasteiger partial charge < -0.3 is 5.73 Å². The summed E-state index contributed by atoms with van der Waals surface area (Å²) < 4.78 is 13.1. The number of halogens is 2. The van der Waals surface area contributed by atoms with Crippen LogP contribution in [-0.4, -0.2) is 4.98 Å². The molecule has 0 aliphatic rings. The zero-order valence-electron chi connectivity index (χ0n) is 9.11. The maximum Gasteiger partial charge on any atom is 0.123 e. The Morgan fingerprint density at radius 2 is 1.94 bits per heavy atom. The maximum atomic E-state index is 13.1. The fourth-order valence-electron chi connectivity index (χ4n) is 1.67. The monoisotopic (exact) mass is 250 g/mol. The molecule has 0 bridgehead atoms.